The minimum atomic E-state index is -0.00176. The molecular formula is C20H22N6O. The van der Waals surface area contributed by atoms with Crippen molar-refractivity contribution in [1.82, 2.24) is 15.0 Å². The molecule has 1 heterocycles. The molecule has 1 aliphatic rings. The molecule has 0 unspecified atom stereocenters. The molecule has 4 rings (SSSR count). The molecule has 2 aromatic carbocycles. The van der Waals surface area contributed by atoms with E-state index in [-0.39, 0.29) is 24.5 Å². The summed E-state index contributed by atoms with van der Waals surface area (Å²) in [7, 11) is 0. The Morgan fingerprint density at radius 2 is 1.59 bits per heavy atom. The van der Waals surface area contributed by atoms with Crippen molar-refractivity contribution in [3.63, 3.8) is 0 Å². The van der Waals surface area contributed by atoms with Crippen LogP contribution in [0.25, 0.3) is 0 Å². The van der Waals surface area contributed by atoms with Crippen LogP contribution in [-0.2, 0) is 26.0 Å². The van der Waals surface area contributed by atoms with Crippen LogP contribution in [0.4, 0.5) is 17.6 Å². The molecule has 3 aromatic rings. The van der Waals surface area contributed by atoms with Crippen molar-refractivity contribution in [2.45, 2.75) is 32.0 Å². The van der Waals surface area contributed by atoms with Crippen LogP contribution in [0.15, 0.2) is 48.5 Å². The Hall–Kier alpha value is -3.19. The van der Waals surface area contributed by atoms with Gasteiger partial charge in [0.2, 0.25) is 11.9 Å². The second kappa shape index (κ2) is 7.20. The minimum Gasteiger partial charge on any atom is -0.392 e. The number of aliphatic hydroxyl groups is 1. The zero-order chi connectivity index (χ0) is 18.8. The van der Waals surface area contributed by atoms with Gasteiger partial charge in [0.1, 0.15) is 0 Å². The number of nitrogens with two attached hydrogens (primary N) is 2. The summed E-state index contributed by atoms with van der Waals surface area (Å²) in [5.74, 6) is 0.776. The van der Waals surface area contributed by atoms with Crippen LogP contribution >= 0.6 is 0 Å². The smallest absolute Gasteiger partial charge is 0.225 e. The molecule has 1 aromatic heterocycles. The van der Waals surface area contributed by atoms with Gasteiger partial charge in [-0.25, -0.2) is 0 Å². The fraction of sp³-hybridized carbons (Fsp3) is 0.250. The van der Waals surface area contributed by atoms with E-state index in [1.165, 1.54) is 11.1 Å². The SMILES string of the molecule is Nc1nc(N)nc(CN(c2cccc(CO)c2)C2Cc3ccccc3C2)n1. The van der Waals surface area contributed by atoms with E-state index in [1.807, 2.05) is 24.3 Å². The number of rotatable bonds is 5. The van der Waals surface area contributed by atoms with Gasteiger partial charge in [0.05, 0.1) is 13.2 Å². The van der Waals surface area contributed by atoms with Crippen molar-refractivity contribution >= 4 is 17.6 Å². The van der Waals surface area contributed by atoms with E-state index in [0.29, 0.717) is 12.4 Å². The summed E-state index contributed by atoms with van der Waals surface area (Å²) in [6.07, 6.45) is 1.88. The van der Waals surface area contributed by atoms with Crippen molar-refractivity contribution in [2.75, 3.05) is 16.4 Å². The van der Waals surface area contributed by atoms with E-state index in [1.54, 1.807) is 0 Å². The summed E-state index contributed by atoms with van der Waals surface area (Å²) in [4.78, 5) is 14.6. The Bertz CT molecular complexity index is 915. The highest BCUT2D eigenvalue weighted by molar-refractivity contribution is 5.52. The molecule has 27 heavy (non-hydrogen) atoms. The molecule has 0 atom stereocenters. The molecule has 0 saturated carbocycles. The first-order valence-electron chi connectivity index (χ1n) is 8.91. The van der Waals surface area contributed by atoms with Crippen molar-refractivity contribution < 1.29 is 5.11 Å². The second-order valence-corrected chi connectivity index (χ2v) is 6.75. The van der Waals surface area contributed by atoms with Gasteiger partial charge in [-0.1, -0.05) is 36.4 Å². The van der Waals surface area contributed by atoms with Gasteiger partial charge in [-0.15, -0.1) is 0 Å². The zero-order valence-electron chi connectivity index (χ0n) is 14.9. The highest BCUT2D eigenvalue weighted by Crippen LogP contribution is 2.30. The summed E-state index contributed by atoms with van der Waals surface area (Å²) in [6.45, 7) is 0.461. The van der Waals surface area contributed by atoms with Crippen LogP contribution < -0.4 is 16.4 Å². The minimum absolute atomic E-state index is 0.00176. The average molecular weight is 362 g/mol. The number of anilines is 3. The van der Waals surface area contributed by atoms with E-state index in [0.717, 1.165) is 24.1 Å². The molecule has 0 fully saturated rings. The lowest BCUT2D eigenvalue weighted by Crippen LogP contribution is -2.36. The topological polar surface area (TPSA) is 114 Å². The third kappa shape index (κ3) is 3.68. The molecule has 1 aliphatic carbocycles. The van der Waals surface area contributed by atoms with Crippen LogP contribution in [0.2, 0.25) is 0 Å². The van der Waals surface area contributed by atoms with E-state index in [2.05, 4.69) is 44.1 Å². The first-order valence-corrected chi connectivity index (χ1v) is 8.91. The van der Waals surface area contributed by atoms with Crippen molar-refractivity contribution in [2.24, 2.45) is 0 Å². The number of aromatic nitrogens is 3. The predicted molar refractivity (Wildman–Crippen MR) is 105 cm³/mol. The number of fused-ring (bicyclic) bond motifs is 1. The number of hydrogen-bond acceptors (Lipinski definition) is 7. The number of nitrogen functional groups attached to an aromatic ring is 2. The molecule has 0 radical (unpaired) electrons. The Morgan fingerprint density at radius 1 is 0.926 bits per heavy atom. The molecule has 0 saturated heterocycles. The molecule has 0 amide bonds. The first-order chi connectivity index (χ1) is 13.1. The summed E-state index contributed by atoms with van der Waals surface area (Å²) >= 11 is 0. The van der Waals surface area contributed by atoms with Crippen LogP contribution in [0.5, 0.6) is 0 Å². The third-order valence-corrected chi connectivity index (χ3v) is 4.92. The molecule has 0 aliphatic heterocycles. The lowest BCUT2D eigenvalue weighted by atomic mass is 10.1. The zero-order valence-corrected chi connectivity index (χ0v) is 14.9. The third-order valence-electron chi connectivity index (χ3n) is 4.92. The van der Waals surface area contributed by atoms with Gasteiger partial charge >= 0.3 is 0 Å². The van der Waals surface area contributed by atoms with Crippen molar-refractivity contribution in [1.29, 1.82) is 0 Å². The fourth-order valence-corrected chi connectivity index (χ4v) is 3.70. The maximum absolute atomic E-state index is 9.53. The van der Waals surface area contributed by atoms with Crippen molar-refractivity contribution in [3.8, 4) is 0 Å². The van der Waals surface area contributed by atoms with Gasteiger partial charge in [0, 0.05) is 11.7 Å². The number of hydrogen-bond donors (Lipinski definition) is 3. The summed E-state index contributed by atoms with van der Waals surface area (Å²) in [5, 5.41) is 9.53. The van der Waals surface area contributed by atoms with E-state index in [9.17, 15) is 5.11 Å². The predicted octanol–water partition coefficient (Wildman–Crippen LogP) is 1.70. The Morgan fingerprint density at radius 3 is 2.22 bits per heavy atom. The van der Waals surface area contributed by atoms with Gasteiger partial charge in [-0.2, -0.15) is 15.0 Å². The first kappa shape index (κ1) is 17.2. The lowest BCUT2D eigenvalue weighted by molar-refractivity contribution is 0.282. The average Bonchev–Trinajstić information content (AvgIpc) is 3.09. The molecule has 7 heteroatoms. The van der Waals surface area contributed by atoms with Gasteiger partial charge in [0.25, 0.3) is 0 Å². The normalized spacial score (nSPS) is 13.5. The Balaban J connectivity index is 1.69. The summed E-state index contributed by atoms with van der Waals surface area (Å²) in [5.41, 5.74) is 16.1. The van der Waals surface area contributed by atoms with E-state index >= 15 is 0 Å². The number of aliphatic hydroxyl groups excluding tert-OH is 1. The lowest BCUT2D eigenvalue weighted by Gasteiger charge is -2.31. The van der Waals surface area contributed by atoms with E-state index in [4.69, 9.17) is 11.5 Å². The monoisotopic (exact) mass is 362 g/mol. The summed E-state index contributed by atoms with van der Waals surface area (Å²) < 4.78 is 0. The fourth-order valence-electron chi connectivity index (χ4n) is 3.70. The molecule has 5 N–H and O–H groups in total. The standard InChI is InChI=1S/C20H22N6O/c21-19-23-18(24-20(22)25-19)11-26(16-7-3-4-13(8-16)12-27)17-9-14-5-1-2-6-15(14)10-17/h1-8,17,27H,9-12H2,(H4,21,22,23,24,25). The highest BCUT2D eigenvalue weighted by atomic mass is 16.3. The maximum atomic E-state index is 9.53. The van der Waals surface area contributed by atoms with Crippen LogP contribution in [0.3, 0.4) is 0 Å². The van der Waals surface area contributed by atoms with Crippen LogP contribution in [0.1, 0.15) is 22.5 Å². The molecule has 0 spiro atoms. The maximum Gasteiger partial charge on any atom is 0.225 e. The molecular weight excluding hydrogens is 340 g/mol. The largest absolute Gasteiger partial charge is 0.392 e. The van der Waals surface area contributed by atoms with Crippen LogP contribution in [-0.4, -0.2) is 26.1 Å². The van der Waals surface area contributed by atoms with Gasteiger partial charge in [-0.3, -0.25) is 0 Å². The quantitative estimate of drug-likeness (QED) is 0.633. The van der Waals surface area contributed by atoms with Gasteiger partial charge in [0.15, 0.2) is 5.82 Å². The van der Waals surface area contributed by atoms with Crippen molar-refractivity contribution in [3.05, 3.63) is 71.0 Å². The Kier molecular flexibility index (Phi) is 4.60. The van der Waals surface area contributed by atoms with Gasteiger partial charge in [-0.05, 0) is 41.7 Å². The molecule has 0 bridgehead atoms. The second-order valence-electron chi connectivity index (χ2n) is 6.75. The number of nitrogens with zero attached hydrogens (tertiary/aromatic N) is 4. The Labute approximate surface area is 157 Å². The molecule has 138 valence electrons. The molecule has 7 nitrogen and oxygen atoms in total. The highest BCUT2D eigenvalue weighted by Gasteiger charge is 2.28. The number of benzene rings is 2. The van der Waals surface area contributed by atoms with Crippen LogP contribution in [0, 0.1) is 0 Å². The van der Waals surface area contributed by atoms with Gasteiger partial charge < -0.3 is 21.5 Å². The summed E-state index contributed by atoms with van der Waals surface area (Å²) in [6, 6.07) is 16.7. The van der Waals surface area contributed by atoms with E-state index < -0.39 is 0 Å².